The average Bonchev–Trinajstić information content (AvgIpc) is 3.38. The largest absolute Gasteiger partial charge is 0.393 e. The smallest absolute Gasteiger partial charge is 0.251 e. The van der Waals surface area contributed by atoms with Crippen molar-refractivity contribution in [3.63, 3.8) is 0 Å². The van der Waals surface area contributed by atoms with Crippen molar-refractivity contribution in [1.82, 2.24) is 20.4 Å². The standard InChI is InChI=1S/C21H18F2N6O2S/c1-10(30)6-11-7-13(22)19(14(23)8-11)17-9-12(20(24)31)21(32-17)26-18-3-2-15(28-29-18)16-4-5-25-27-16/h2-5,7-10,30H,6H2,1H3,(H2,24,31)(H,25,27)(H,26,29). The predicted molar refractivity (Wildman–Crippen MR) is 116 cm³/mol. The minimum absolute atomic E-state index is 0.0660. The number of anilines is 2. The lowest BCUT2D eigenvalue weighted by Crippen LogP contribution is -2.11. The van der Waals surface area contributed by atoms with Gasteiger partial charge in [-0.15, -0.1) is 21.5 Å². The summed E-state index contributed by atoms with van der Waals surface area (Å²) in [5.74, 6) is -2.04. The van der Waals surface area contributed by atoms with Gasteiger partial charge in [-0.1, -0.05) is 0 Å². The first-order valence-electron chi connectivity index (χ1n) is 9.52. The van der Waals surface area contributed by atoms with Crippen LogP contribution in [-0.2, 0) is 6.42 Å². The number of rotatable bonds is 7. The maximum absolute atomic E-state index is 14.7. The molecule has 3 aromatic heterocycles. The van der Waals surface area contributed by atoms with Gasteiger partial charge in [0.1, 0.15) is 22.3 Å². The molecular formula is C21H18F2N6O2S. The Morgan fingerprint density at radius 3 is 2.53 bits per heavy atom. The van der Waals surface area contributed by atoms with E-state index in [9.17, 15) is 18.7 Å². The molecule has 4 rings (SSSR count). The summed E-state index contributed by atoms with van der Waals surface area (Å²) < 4.78 is 29.4. The zero-order chi connectivity index (χ0) is 22.8. The number of halogens is 2. The first kappa shape index (κ1) is 21.5. The van der Waals surface area contributed by atoms with Crippen molar-refractivity contribution < 1.29 is 18.7 Å². The van der Waals surface area contributed by atoms with Crippen LogP contribution in [0.5, 0.6) is 0 Å². The van der Waals surface area contributed by atoms with Crippen molar-refractivity contribution in [1.29, 1.82) is 0 Å². The van der Waals surface area contributed by atoms with Crippen molar-refractivity contribution >= 4 is 28.1 Å². The highest BCUT2D eigenvalue weighted by molar-refractivity contribution is 7.20. The lowest BCUT2D eigenvalue weighted by Gasteiger charge is -2.08. The molecule has 3 heterocycles. The first-order chi connectivity index (χ1) is 15.3. The van der Waals surface area contributed by atoms with Crippen LogP contribution in [0.1, 0.15) is 22.8 Å². The van der Waals surface area contributed by atoms with Crippen LogP contribution in [0.3, 0.4) is 0 Å². The van der Waals surface area contributed by atoms with E-state index in [1.54, 1.807) is 24.4 Å². The van der Waals surface area contributed by atoms with E-state index in [4.69, 9.17) is 5.73 Å². The van der Waals surface area contributed by atoms with Crippen molar-refractivity contribution in [3.8, 4) is 21.8 Å². The number of aliphatic hydroxyl groups excluding tert-OH is 1. The number of amides is 1. The van der Waals surface area contributed by atoms with E-state index >= 15 is 0 Å². The summed E-state index contributed by atoms with van der Waals surface area (Å²) in [6, 6.07) is 8.74. The molecule has 1 amide bonds. The van der Waals surface area contributed by atoms with Gasteiger partial charge in [0.15, 0.2) is 5.82 Å². The molecule has 0 fully saturated rings. The van der Waals surface area contributed by atoms with Crippen molar-refractivity contribution in [2.45, 2.75) is 19.4 Å². The van der Waals surface area contributed by atoms with Gasteiger partial charge in [0.2, 0.25) is 0 Å². The van der Waals surface area contributed by atoms with E-state index in [0.717, 1.165) is 11.3 Å². The molecule has 0 spiro atoms. The van der Waals surface area contributed by atoms with Crippen LogP contribution in [0, 0.1) is 11.6 Å². The van der Waals surface area contributed by atoms with Crippen LogP contribution < -0.4 is 11.1 Å². The van der Waals surface area contributed by atoms with Crippen molar-refractivity contribution in [2.24, 2.45) is 5.73 Å². The third-order valence-electron chi connectivity index (χ3n) is 4.56. The van der Waals surface area contributed by atoms with E-state index in [-0.39, 0.29) is 27.4 Å². The number of benzene rings is 1. The number of hydrogen-bond acceptors (Lipinski definition) is 7. The summed E-state index contributed by atoms with van der Waals surface area (Å²) >= 11 is 0.961. The molecule has 0 saturated heterocycles. The second-order valence-corrected chi connectivity index (χ2v) is 8.16. The Balaban J connectivity index is 1.66. The van der Waals surface area contributed by atoms with Crippen molar-refractivity contribution in [2.75, 3.05) is 5.32 Å². The van der Waals surface area contributed by atoms with Gasteiger partial charge in [-0.3, -0.25) is 9.89 Å². The second-order valence-electron chi connectivity index (χ2n) is 7.10. The van der Waals surface area contributed by atoms with Crippen LogP contribution in [0.4, 0.5) is 19.6 Å². The van der Waals surface area contributed by atoms with Crippen LogP contribution >= 0.6 is 11.3 Å². The molecule has 0 bridgehead atoms. The summed E-state index contributed by atoms with van der Waals surface area (Å²) in [4.78, 5) is 12.1. The number of nitrogens with one attached hydrogen (secondary N) is 2. The van der Waals surface area contributed by atoms with Gasteiger partial charge in [-0.05, 0) is 55.3 Å². The van der Waals surface area contributed by atoms with Gasteiger partial charge in [-0.2, -0.15) is 5.10 Å². The molecule has 32 heavy (non-hydrogen) atoms. The maximum atomic E-state index is 14.7. The summed E-state index contributed by atoms with van der Waals surface area (Å²) in [6.07, 6.45) is 0.968. The van der Waals surface area contributed by atoms with Crippen LogP contribution in [0.25, 0.3) is 21.8 Å². The number of hydrogen-bond donors (Lipinski definition) is 4. The normalized spacial score (nSPS) is 12.0. The van der Waals surface area contributed by atoms with Gasteiger partial charge in [0, 0.05) is 11.1 Å². The third kappa shape index (κ3) is 4.48. The molecule has 1 atom stereocenters. The van der Waals surface area contributed by atoms with Crippen LogP contribution in [0.2, 0.25) is 0 Å². The summed E-state index contributed by atoms with van der Waals surface area (Å²) in [5.41, 5.74) is 6.84. The first-order valence-corrected chi connectivity index (χ1v) is 10.3. The molecule has 0 aliphatic rings. The van der Waals surface area contributed by atoms with Gasteiger partial charge < -0.3 is 16.2 Å². The monoisotopic (exact) mass is 456 g/mol. The molecule has 0 aliphatic heterocycles. The van der Waals surface area contributed by atoms with Gasteiger partial charge in [0.05, 0.1) is 22.9 Å². The number of nitrogens with zero attached hydrogens (tertiary/aromatic N) is 3. The maximum Gasteiger partial charge on any atom is 0.251 e. The number of thiophene rings is 1. The minimum atomic E-state index is -0.798. The Bertz CT molecular complexity index is 1230. The molecule has 164 valence electrons. The van der Waals surface area contributed by atoms with Crippen LogP contribution in [0.15, 0.2) is 42.6 Å². The molecule has 0 saturated carbocycles. The van der Waals surface area contributed by atoms with E-state index in [1.807, 2.05) is 0 Å². The van der Waals surface area contributed by atoms with Gasteiger partial charge in [0.25, 0.3) is 5.91 Å². The van der Waals surface area contributed by atoms with E-state index in [1.165, 1.54) is 25.1 Å². The fourth-order valence-electron chi connectivity index (χ4n) is 3.17. The highest BCUT2D eigenvalue weighted by Crippen LogP contribution is 2.39. The highest BCUT2D eigenvalue weighted by Gasteiger charge is 2.21. The van der Waals surface area contributed by atoms with E-state index in [0.29, 0.717) is 22.8 Å². The zero-order valence-corrected chi connectivity index (χ0v) is 17.6. The average molecular weight is 456 g/mol. The SMILES string of the molecule is CC(O)Cc1cc(F)c(-c2cc(C(N)=O)c(Nc3ccc(-c4ccn[nH]4)nn3)s2)c(F)c1. The molecule has 0 radical (unpaired) electrons. The summed E-state index contributed by atoms with van der Waals surface area (Å²) in [7, 11) is 0. The van der Waals surface area contributed by atoms with Crippen LogP contribution in [-0.4, -0.2) is 37.5 Å². The van der Waals surface area contributed by atoms with E-state index in [2.05, 4.69) is 25.7 Å². The molecule has 4 aromatic rings. The molecule has 1 aromatic carbocycles. The highest BCUT2D eigenvalue weighted by atomic mass is 32.1. The zero-order valence-electron chi connectivity index (χ0n) is 16.8. The number of H-pyrrole nitrogens is 1. The number of aliphatic hydroxyl groups is 1. The fourth-order valence-corrected chi connectivity index (χ4v) is 4.29. The molecule has 0 aliphatic carbocycles. The number of primary amides is 1. The van der Waals surface area contributed by atoms with Crippen molar-refractivity contribution in [3.05, 3.63) is 65.4 Å². The molecule has 11 heteroatoms. The second kappa shape index (κ2) is 8.81. The Morgan fingerprint density at radius 1 is 1.22 bits per heavy atom. The minimum Gasteiger partial charge on any atom is -0.393 e. The number of carbonyl (C=O) groups is 1. The third-order valence-corrected chi connectivity index (χ3v) is 5.63. The summed E-state index contributed by atoms with van der Waals surface area (Å²) in [6.45, 7) is 1.53. The number of aromatic nitrogens is 4. The molecule has 8 nitrogen and oxygen atoms in total. The Kier molecular flexibility index (Phi) is 5.93. The Morgan fingerprint density at radius 2 is 1.97 bits per heavy atom. The molecule has 5 N–H and O–H groups in total. The Hall–Kier alpha value is -3.70. The Labute approximate surface area is 185 Å². The number of nitrogens with two attached hydrogens (primary N) is 1. The number of aromatic amines is 1. The topological polar surface area (TPSA) is 130 Å². The van der Waals surface area contributed by atoms with E-state index < -0.39 is 23.6 Å². The number of carbonyl (C=O) groups excluding carboxylic acids is 1. The predicted octanol–water partition coefficient (Wildman–Crippen LogP) is 3.64. The lowest BCUT2D eigenvalue weighted by molar-refractivity contribution is 0.100. The lowest BCUT2D eigenvalue weighted by atomic mass is 10.0. The summed E-state index contributed by atoms with van der Waals surface area (Å²) in [5, 5.41) is 27.5. The van der Waals surface area contributed by atoms with Gasteiger partial charge >= 0.3 is 0 Å². The fraction of sp³-hybridized carbons (Fsp3) is 0.143. The van der Waals surface area contributed by atoms with Gasteiger partial charge in [-0.25, -0.2) is 8.78 Å². The molecule has 1 unspecified atom stereocenters. The quantitative estimate of drug-likeness (QED) is 0.336. The molecular weight excluding hydrogens is 438 g/mol.